The fraction of sp³-hybridized carbons (Fsp3) is 0.316. The van der Waals surface area contributed by atoms with Gasteiger partial charge in [-0.25, -0.2) is 0 Å². The molecule has 0 saturated carbocycles. The minimum Gasteiger partial charge on any atom is -0.459 e. The molecule has 0 spiro atoms. The Bertz CT molecular complexity index is 801. The molecule has 1 aromatic heterocycles. The lowest BCUT2D eigenvalue weighted by atomic mass is 10.1. The molecule has 2 aromatic rings. The van der Waals surface area contributed by atoms with Crippen molar-refractivity contribution in [3.05, 3.63) is 53.5 Å². The van der Waals surface area contributed by atoms with Gasteiger partial charge in [0, 0.05) is 31.9 Å². The Kier molecular flexibility index (Phi) is 5.06. The maximum atomic E-state index is 12.4. The summed E-state index contributed by atoms with van der Waals surface area (Å²) in [6.45, 7) is 5.21. The summed E-state index contributed by atoms with van der Waals surface area (Å²) in [6, 6.07) is 8.89. The van der Waals surface area contributed by atoms with Gasteiger partial charge in [0.15, 0.2) is 5.76 Å². The first-order valence-corrected chi connectivity index (χ1v) is 8.45. The van der Waals surface area contributed by atoms with E-state index in [1.54, 1.807) is 17.0 Å². The van der Waals surface area contributed by atoms with E-state index >= 15 is 0 Å². The van der Waals surface area contributed by atoms with E-state index in [1.807, 2.05) is 32.0 Å². The summed E-state index contributed by atoms with van der Waals surface area (Å²) in [5.74, 6) is -1.19. The minimum absolute atomic E-state index is 0.207. The number of hydrogen-bond donors (Lipinski definition) is 1. The third-order valence-electron chi connectivity index (χ3n) is 4.26. The molecule has 1 aromatic carbocycles. The SMILES string of the molecule is Cc1cc(C)cc(NC(=O)C(=O)N2CCN(C(=O)c3ccco3)CC2)c1. The Morgan fingerprint density at radius 2 is 1.58 bits per heavy atom. The number of benzene rings is 1. The Balaban J connectivity index is 1.56. The number of carbonyl (C=O) groups is 3. The van der Waals surface area contributed by atoms with Gasteiger partial charge in [-0.1, -0.05) is 6.07 Å². The Morgan fingerprint density at radius 1 is 0.962 bits per heavy atom. The lowest BCUT2D eigenvalue weighted by molar-refractivity contribution is -0.144. The van der Waals surface area contributed by atoms with Crippen molar-refractivity contribution in [2.24, 2.45) is 0 Å². The summed E-state index contributed by atoms with van der Waals surface area (Å²) < 4.78 is 5.11. The van der Waals surface area contributed by atoms with Gasteiger partial charge in [0.2, 0.25) is 0 Å². The normalized spacial score (nSPS) is 14.2. The second kappa shape index (κ2) is 7.43. The number of nitrogens with one attached hydrogen (secondary N) is 1. The van der Waals surface area contributed by atoms with E-state index < -0.39 is 11.8 Å². The summed E-state index contributed by atoms with van der Waals surface area (Å²) in [7, 11) is 0. The Morgan fingerprint density at radius 3 is 2.15 bits per heavy atom. The van der Waals surface area contributed by atoms with Gasteiger partial charge in [-0.05, 0) is 49.2 Å². The smallest absolute Gasteiger partial charge is 0.313 e. The molecular weight excluding hydrogens is 334 g/mol. The van der Waals surface area contributed by atoms with E-state index in [1.165, 1.54) is 11.2 Å². The molecule has 0 bridgehead atoms. The maximum absolute atomic E-state index is 12.4. The predicted molar refractivity (Wildman–Crippen MR) is 95.7 cm³/mol. The van der Waals surface area contributed by atoms with Crippen molar-refractivity contribution in [3.8, 4) is 0 Å². The zero-order chi connectivity index (χ0) is 18.7. The molecule has 3 rings (SSSR count). The molecule has 1 fully saturated rings. The second-order valence-corrected chi connectivity index (χ2v) is 6.39. The highest BCUT2D eigenvalue weighted by molar-refractivity contribution is 6.39. The van der Waals surface area contributed by atoms with Crippen LogP contribution in [-0.4, -0.2) is 53.7 Å². The third kappa shape index (κ3) is 3.93. The number of amides is 3. The zero-order valence-corrected chi connectivity index (χ0v) is 14.8. The molecule has 1 saturated heterocycles. The van der Waals surface area contributed by atoms with Crippen LogP contribution in [0.3, 0.4) is 0 Å². The van der Waals surface area contributed by atoms with Crippen molar-refractivity contribution in [2.75, 3.05) is 31.5 Å². The van der Waals surface area contributed by atoms with Gasteiger partial charge >= 0.3 is 11.8 Å². The molecule has 0 aliphatic carbocycles. The lowest BCUT2D eigenvalue weighted by Crippen LogP contribution is -2.52. The lowest BCUT2D eigenvalue weighted by Gasteiger charge is -2.33. The highest BCUT2D eigenvalue weighted by Crippen LogP contribution is 2.14. The largest absolute Gasteiger partial charge is 0.459 e. The van der Waals surface area contributed by atoms with E-state index in [2.05, 4.69) is 5.32 Å². The van der Waals surface area contributed by atoms with Crippen molar-refractivity contribution >= 4 is 23.4 Å². The van der Waals surface area contributed by atoms with Crippen LogP contribution in [-0.2, 0) is 9.59 Å². The summed E-state index contributed by atoms with van der Waals surface area (Å²) in [4.78, 5) is 39.9. The van der Waals surface area contributed by atoms with Crippen LogP contribution in [0.4, 0.5) is 5.69 Å². The molecule has 2 heterocycles. The number of piperazine rings is 1. The van der Waals surface area contributed by atoms with Gasteiger partial charge in [-0.15, -0.1) is 0 Å². The molecule has 0 unspecified atom stereocenters. The first-order chi connectivity index (χ1) is 12.4. The number of hydrogen-bond acceptors (Lipinski definition) is 4. The van der Waals surface area contributed by atoms with Crippen LogP contribution >= 0.6 is 0 Å². The molecule has 0 radical (unpaired) electrons. The predicted octanol–water partition coefficient (Wildman–Crippen LogP) is 1.82. The topological polar surface area (TPSA) is 82.9 Å². The molecular formula is C19H21N3O4. The highest BCUT2D eigenvalue weighted by atomic mass is 16.3. The van der Waals surface area contributed by atoms with Crippen molar-refractivity contribution < 1.29 is 18.8 Å². The standard InChI is InChI=1S/C19H21N3O4/c1-13-10-14(2)12-15(11-13)20-17(23)19(25)22-7-5-21(6-8-22)18(24)16-4-3-9-26-16/h3-4,9-12H,5-8H2,1-2H3,(H,20,23). The van der Waals surface area contributed by atoms with Gasteiger partial charge < -0.3 is 19.5 Å². The molecule has 26 heavy (non-hydrogen) atoms. The Hall–Kier alpha value is -3.09. The van der Waals surface area contributed by atoms with Gasteiger partial charge in [-0.3, -0.25) is 14.4 Å². The Labute approximate surface area is 151 Å². The van der Waals surface area contributed by atoms with E-state index in [-0.39, 0.29) is 11.7 Å². The summed E-state index contributed by atoms with van der Waals surface area (Å²) in [6.07, 6.45) is 1.45. The van der Waals surface area contributed by atoms with Gasteiger partial charge in [0.25, 0.3) is 5.91 Å². The molecule has 1 aliphatic heterocycles. The van der Waals surface area contributed by atoms with E-state index in [0.29, 0.717) is 31.9 Å². The first-order valence-electron chi connectivity index (χ1n) is 8.45. The molecule has 136 valence electrons. The molecule has 7 nitrogen and oxygen atoms in total. The number of aryl methyl sites for hydroxylation is 2. The molecule has 3 amide bonds. The fourth-order valence-corrected chi connectivity index (χ4v) is 3.04. The summed E-state index contributed by atoms with van der Waals surface area (Å²) in [5, 5.41) is 2.65. The summed E-state index contributed by atoms with van der Waals surface area (Å²) >= 11 is 0. The zero-order valence-electron chi connectivity index (χ0n) is 14.8. The van der Waals surface area contributed by atoms with Crippen LogP contribution < -0.4 is 5.32 Å². The number of rotatable bonds is 2. The number of anilines is 1. The van der Waals surface area contributed by atoms with E-state index in [4.69, 9.17) is 4.42 Å². The summed E-state index contributed by atoms with van der Waals surface area (Å²) in [5.41, 5.74) is 2.63. The van der Waals surface area contributed by atoms with Crippen LogP contribution in [0.1, 0.15) is 21.7 Å². The van der Waals surface area contributed by atoms with Crippen LogP contribution in [0.2, 0.25) is 0 Å². The third-order valence-corrected chi connectivity index (χ3v) is 4.26. The molecule has 0 atom stereocenters. The van der Waals surface area contributed by atoms with E-state index in [0.717, 1.165) is 11.1 Å². The van der Waals surface area contributed by atoms with Crippen LogP contribution in [0.25, 0.3) is 0 Å². The van der Waals surface area contributed by atoms with Crippen LogP contribution in [0, 0.1) is 13.8 Å². The minimum atomic E-state index is -0.666. The second-order valence-electron chi connectivity index (χ2n) is 6.39. The first kappa shape index (κ1) is 17.7. The van der Waals surface area contributed by atoms with E-state index in [9.17, 15) is 14.4 Å². The van der Waals surface area contributed by atoms with Gasteiger partial charge in [0.1, 0.15) is 0 Å². The average molecular weight is 355 g/mol. The quantitative estimate of drug-likeness (QED) is 0.833. The monoisotopic (exact) mass is 355 g/mol. The molecule has 1 aliphatic rings. The van der Waals surface area contributed by atoms with Crippen molar-refractivity contribution in [1.82, 2.24) is 9.80 Å². The highest BCUT2D eigenvalue weighted by Gasteiger charge is 2.29. The van der Waals surface area contributed by atoms with Crippen LogP contribution in [0.5, 0.6) is 0 Å². The van der Waals surface area contributed by atoms with Crippen molar-refractivity contribution in [3.63, 3.8) is 0 Å². The van der Waals surface area contributed by atoms with Gasteiger partial charge in [0.05, 0.1) is 6.26 Å². The maximum Gasteiger partial charge on any atom is 0.313 e. The van der Waals surface area contributed by atoms with Gasteiger partial charge in [-0.2, -0.15) is 0 Å². The fourth-order valence-electron chi connectivity index (χ4n) is 3.04. The average Bonchev–Trinajstić information content (AvgIpc) is 3.14. The van der Waals surface area contributed by atoms with Crippen LogP contribution in [0.15, 0.2) is 41.0 Å². The number of nitrogens with zero attached hydrogens (tertiary/aromatic N) is 2. The number of furan rings is 1. The number of carbonyl (C=O) groups excluding carboxylic acids is 3. The molecule has 1 N–H and O–H groups in total. The van der Waals surface area contributed by atoms with Crippen molar-refractivity contribution in [2.45, 2.75) is 13.8 Å². The molecule has 7 heteroatoms. The van der Waals surface area contributed by atoms with Crippen molar-refractivity contribution in [1.29, 1.82) is 0 Å².